The topological polar surface area (TPSA) is 42.4 Å². The predicted octanol–water partition coefficient (Wildman–Crippen LogP) is 3.71. The summed E-state index contributed by atoms with van der Waals surface area (Å²) in [5, 5.41) is 3.02. The fourth-order valence-corrected chi connectivity index (χ4v) is 4.92. The number of ether oxygens (including phenoxy) is 1. The zero-order valence-electron chi connectivity index (χ0n) is 13.1. The normalized spacial score (nSPS) is 17.1. The van der Waals surface area contributed by atoms with Crippen molar-refractivity contribution >= 4 is 28.6 Å². The lowest BCUT2D eigenvalue weighted by molar-refractivity contribution is 0.0785. The van der Waals surface area contributed by atoms with Crippen LogP contribution in [-0.2, 0) is 6.42 Å². The van der Waals surface area contributed by atoms with Crippen LogP contribution in [0.1, 0.15) is 44.0 Å². The molecule has 1 amide bonds. The van der Waals surface area contributed by atoms with Crippen molar-refractivity contribution < 1.29 is 9.53 Å². The molecular formula is C16H20N2O2S2. The molecule has 2 aromatic heterocycles. The van der Waals surface area contributed by atoms with Crippen molar-refractivity contribution in [3.63, 3.8) is 0 Å². The van der Waals surface area contributed by atoms with E-state index in [9.17, 15) is 4.79 Å². The van der Waals surface area contributed by atoms with Crippen molar-refractivity contribution in [3.8, 4) is 5.75 Å². The second-order valence-corrected chi connectivity index (χ2v) is 7.84. The van der Waals surface area contributed by atoms with E-state index >= 15 is 0 Å². The highest BCUT2D eigenvalue weighted by atomic mass is 32.1. The van der Waals surface area contributed by atoms with E-state index in [1.54, 1.807) is 18.4 Å². The molecule has 2 heterocycles. The number of methoxy groups -OCH3 is 1. The first-order chi connectivity index (χ1) is 10.6. The molecule has 1 aliphatic rings. The molecule has 1 atom stereocenters. The van der Waals surface area contributed by atoms with Gasteiger partial charge in [-0.3, -0.25) is 4.79 Å². The van der Waals surface area contributed by atoms with Gasteiger partial charge in [0, 0.05) is 24.4 Å². The molecule has 0 saturated heterocycles. The van der Waals surface area contributed by atoms with Gasteiger partial charge in [-0.2, -0.15) is 0 Å². The van der Waals surface area contributed by atoms with Gasteiger partial charge in [-0.05, 0) is 37.6 Å². The second-order valence-electron chi connectivity index (χ2n) is 5.63. The van der Waals surface area contributed by atoms with Crippen molar-refractivity contribution in [3.05, 3.63) is 31.9 Å². The minimum absolute atomic E-state index is 0.0333. The summed E-state index contributed by atoms with van der Waals surface area (Å²) in [6, 6.07) is 1.84. The van der Waals surface area contributed by atoms with E-state index < -0.39 is 0 Å². The summed E-state index contributed by atoms with van der Waals surface area (Å²) in [7, 11) is 3.47. The molecule has 0 bridgehead atoms. The minimum atomic E-state index is 0.0333. The highest BCUT2D eigenvalue weighted by Gasteiger charge is 2.27. The van der Waals surface area contributed by atoms with Crippen molar-refractivity contribution in [2.45, 2.75) is 32.1 Å². The second kappa shape index (κ2) is 6.38. The third kappa shape index (κ3) is 2.90. The zero-order chi connectivity index (χ0) is 15.7. The number of hydrogen-bond acceptors (Lipinski definition) is 5. The summed E-state index contributed by atoms with van der Waals surface area (Å²) < 4.78 is 5.26. The Bertz CT molecular complexity index is 677. The van der Waals surface area contributed by atoms with Crippen LogP contribution in [0.4, 0.5) is 0 Å². The highest BCUT2D eigenvalue weighted by Crippen LogP contribution is 2.35. The van der Waals surface area contributed by atoms with Gasteiger partial charge in [-0.15, -0.1) is 22.7 Å². The first-order valence-electron chi connectivity index (χ1n) is 7.43. The Morgan fingerprint density at radius 1 is 1.55 bits per heavy atom. The van der Waals surface area contributed by atoms with Crippen molar-refractivity contribution in [1.29, 1.82) is 0 Å². The molecule has 0 aliphatic heterocycles. The maximum atomic E-state index is 12.6. The molecule has 0 fully saturated rings. The fourth-order valence-electron chi connectivity index (χ4n) is 3.01. The molecular weight excluding hydrogens is 316 g/mol. The molecule has 1 aliphatic carbocycles. The molecule has 22 heavy (non-hydrogen) atoms. The molecule has 2 aromatic rings. The fraction of sp³-hybridized carbons (Fsp3) is 0.500. The monoisotopic (exact) mass is 336 g/mol. The molecule has 0 radical (unpaired) electrons. The van der Waals surface area contributed by atoms with Gasteiger partial charge in [0.05, 0.1) is 17.8 Å². The van der Waals surface area contributed by atoms with E-state index in [2.05, 4.69) is 6.92 Å². The molecule has 0 N–H and O–H groups in total. The van der Waals surface area contributed by atoms with Crippen LogP contribution in [0.3, 0.4) is 0 Å². The number of carbonyl (C=O) groups is 1. The average Bonchev–Trinajstić information content (AvgIpc) is 3.11. The lowest BCUT2D eigenvalue weighted by Gasteiger charge is -2.26. The van der Waals surface area contributed by atoms with Crippen molar-refractivity contribution in [2.24, 2.45) is 0 Å². The van der Waals surface area contributed by atoms with E-state index in [-0.39, 0.29) is 5.91 Å². The maximum Gasteiger partial charge on any atom is 0.267 e. The van der Waals surface area contributed by atoms with Gasteiger partial charge in [0.15, 0.2) is 0 Å². The summed E-state index contributed by atoms with van der Waals surface area (Å²) in [6.45, 7) is 2.78. The van der Waals surface area contributed by atoms with Gasteiger partial charge in [-0.25, -0.2) is 4.98 Å². The van der Waals surface area contributed by atoms with Crippen LogP contribution >= 0.6 is 22.7 Å². The zero-order valence-corrected chi connectivity index (χ0v) is 14.7. The number of fused-ring (bicyclic) bond motifs is 1. The molecule has 6 heteroatoms. The minimum Gasteiger partial charge on any atom is -0.495 e. The first kappa shape index (κ1) is 15.5. The Balaban J connectivity index is 1.75. The number of likely N-dealkylation sites (N-methyl/N-ethyl adjacent to an activating group) is 1. The number of thiophene rings is 1. The molecule has 118 valence electrons. The SMILES string of the molecule is COc1ccsc1C(=O)N(C)CC1CCCc2sc(C)nc21. The van der Waals surface area contributed by atoms with Crippen LogP contribution in [0.15, 0.2) is 11.4 Å². The molecule has 4 nitrogen and oxygen atoms in total. The van der Waals surface area contributed by atoms with E-state index in [0.29, 0.717) is 16.5 Å². The van der Waals surface area contributed by atoms with E-state index in [0.717, 1.165) is 24.4 Å². The first-order valence-corrected chi connectivity index (χ1v) is 9.13. The Hall–Kier alpha value is -1.40. The number of aryl methyl sites for hydroxylation is 2. The van der Waals surface area contributed by atoms with Crippen LogP contribution in [0.2, 0.25) is 0 Å². The summed E-state index contributed by atoms with van der Waals surface area (Å²) in [5.41, 5.74) is 1.21. The van der Waals surface area contributed by atoms with Gasteiger partial charge >= 0.3 is 0 Å². The smallest absolute Gasteiger partial charge is 0.267 e. The van der Waals surface area contributed by atoms with Crippen LogP contribution in [0.5, 0.6) is 5.75 Å². The third-order valence-corrected chi connectivity index (χ3v) is 5.99. The van der Waals surface area contributed by atoms with Gasteiger partial charge in [0.1, 0.15) is 10.6 Å². The van der Waals surface area contributed by atoms with Gasteiger partial charge in [-0.1, -0.05) is 0 Å². The van der Waals surface area contributed by atoms with Gasteiger partial charge < -0.3 is 9.64 Å². The Kier molecular flexibility index (Phi) is 4.49. The van der Waals surface area contributed by atoms with Crippen LogP contribution in [0, 0.1) is 6.92 Å². The van der Waals surface area contributed by atoms with E-state index in [1.807, 2.05) is 23.4 Å². The largest absolute Gasteiger partial charge is 0.495 e. The van der Waals surface area contributed by atoms with E-state index in [1.165, 1.54) is 28.3 Å². The average molecular weight is 336 g/mol. The third-order valence-electron chi connectivity index (χ3n) is 4.06. The number of hydrogen-bond donors (Lipinski definition) is 0. The highest BCUT2D eigenvalue weighted by molar-refractivity contribution is 7.12. The molecule has 0 spiro atoms. The van der Waals surface area contributed by atoms with Crippen LogP contribution in [0.25, 0.3) is 0 Å². The summed E-state index contributed by atoms with van der Waals surface area (Å²) in [4.78, 5) is 21.2. The number of nitrogens with zero attached hydrogens (tertiary/aromatic N) is 2. The van der Waals surface area contributed by atoms with Gasteiger partial charge in [0.25, 0.3) is 5.91 Å². The standard InChI is InChI=1S/C16H20N2O2S2/c1-10-17-14-11(5-4-6-13(14)22-10)9-18(2)16(19)15-12(20-3)7-8-21-15/h7-8,11H,4-6,9H2,1-3H3. The van der Waals surface area contributed by atoms with Gasteiger partial charge in [0.2, 0.25) is 0 Å². The molecule has 3 rings (SSSR count). The molecule has 1 unspecified atom stereocenters. The number of aromatic nitrogens is 1. The Morgan fingerprint density at radius 3 is 3.14 bits per heavy atom. The lowest BCUT2D eigenvalue weighted by Crippen LogP contribution is -2.32. The predicted molar refractivity (Wildman–Crippen MR) is 90.4 cm³/mol. The maximum absolute atomic E-state index is 12.6. The summed E-state index contributed by atoms with van der Waals surface area (Å²) >= 11 is 3.23. The van der Waals surface area contributed by atoms with E-state index in [4.69, 9.17) is 9.72 Å². The molecule has 0 aromatic carbocycles. The summed E-state index contributed by atoms with van der Waals surface area (Å²) in [6.07, 6.45) is 3.42. The number of amides is 1. The van der Waals surface area contributed by atoms with Crippen molar-refractivity contribution in [1.82, 2.24) is 9.88 Å². The molecule has 0 saturated carbocycles. The summed E-state index contributed by atoms with van der Waals surface area (Å²) in [5.74, 6) is 1.05. The lowest BCUT2D eigenvalue weighted by atomic mass is 9.90. The Morgan fingerprint density at radius 2 is 2.36 bits per heavy atom. The number of carbonyl (C=O) groups excluding carboxylic acids is 1. The van der Waals surface area contributed by atoms with Crippen molar-refractivity contribution in [2.75, 3.05) is 20.7 Å². The quantitative estimate of drug-likeness (QED) is 0.855. The van der Waals surface area contributed by atoms with Crippen LogP contribution in [-0.4, -0.2) is 36.5 Å². The number of rotatable bonds is 4. The Labute approximate surface area is 138 Å². The van der Waals surface area contributed by atoms with Crippen LogP contribution < -0.4 is 4.74 Å². The number of thiazole rings is 1.